The van der Waals surface area contributed by atoms with Crippen molar-refractivity contribution in [2.45, 2.75) is 26.4 Å². The second-order valence-corrected chi connectivity index (χ2v) is 4.31. The molecule has 2 aromatic heterocycles. The Bertz CT molecular complexity index is 617. The van der Waals surface area contributed by atoms with Gasteiger partial charge in [0.15, 0.2) is 0 Å². The molecule has 2 rings (SSSR count). The number of nitrogens with one attached hydrogen (secondary N) is 1. The molecule has 0 fully saturated rings. The van der Waals surface area contributed by atoms with Gasteiger partial charge in [0.2, 0.25) is 5.91 Å². The van der Waals surface area contributed by atoms with Crippen LogP contribution in [0.3, 0.4) is 0 Å². The lowest BCUT2D eigenvalue weighted by atomic mass is 10.3. The SMILES string of the molecule is Cc1nn(C(C)C(=O)NCc2ccco2)cc1[N+](=O)[O-]. The van der Waals surface area contributed by atoms with Gasteiger partial charge in [-0.05, 0) is 26.0 Å². The summed E-state index contributed by atoms with van der Waals surface area (Å²) in [6.07, 6.45) is 2.78. The van der Waals surface area contributed by atoms with Crippen LogP contribution in [0.4, 0.5) is 5.69 Å². The van der Waals surface area contributed by atoms with E-state index in [1.54, 1.807) is 19.1 Å². The zero-order chi connectivity index (χ0) is 14.7. The molecular weight excluding hydrogens is 264 g/mol. The van der Waals surface area contributed by atoms with Gasteiger partial charge in [-0.25, -0.2) is 0 Å². The molecule has 2 heterocycles. The molecule has 0 spiro atoms. The van der Waals surface area contributed by atoms with Crippen LogP contribution in [0.2, 0.25) is 0 Å². The Balaban J connectivity index is 2.03. The molecule has 1 unspecified atom stereocenters. The van der Waals surface area contributed by atoms with Crippen molar-refractivity contribution in [1.82, 2.24) is 15.1 Å². The lowest BCUT2D eigenvalue weighted by Gasteiger charge is -2.11. The molecule has 1 atom stereocenters. The highest BCUT2D eigenvalue weighted by atomic mass is 16.6. The zero-order valence-electron chi connectivity index (χ0n) is 11.1. The monoisotopic (exact) mass is 278 g/mol. The molecule has 0 aliphatic rings. The largest absolute Gasteiger partial charge is 0.467 e. The smallest absolute Gasteiger partial charge is 0.309 e. The average Bonchev–Trinajstić information content (AvgIpc) is 3.04. The predicted octanol–water partition coefficient (Wildman–Crippen LogP) is 1.57. The van der Waals surface area contributed by atoms with Crippen LogP contribution in [-0.4, -0.2) is 20.6 Å². The van der Waals surface area contributed by atoms with Crippen molar-refractivity contribution in [2.24, 2.45) is 0 Å². The van der Waals surface area contributed by atoms with E-state index >= 15 is 0 Å². The summed E-state index contributed by atoms with van der Waals surface area (Å²) >= 11 is 0. The molecule has 106 valence electrons. The highest BCUT2D eigenvalue weighted by molar-refractivity contribution is 5.79. The lowest BCUT2D eigenvalue weighted by Crippen LogP contribution is -2.30. The van der Waals surface area contributed by atoms with E-state index in [1.165, 1.54) is 24.1 Å². The third kappa shape index (κ3) is 2.85. The van der Waals surface area contributed by atoms with Crippen LogP contribution < -0.4 is 5.32 Å². The maximum absolute atomic E-state index is 11.9. The molecule has 8 nitrogen and oxygen atoms in total. The maximum atomic E-state index is 11.9. The summed E-state index contributed by atoms with van der Waals surface area (Å²) in [5.41, 5.74) is 0.177. The number of carbonyl (C=O) groups excluding carboxylic acids is 1. The van der Waals surface area contributed by atoms with Gasteiger partial charge in [0.1, 0.15) is 23.7 Å². The van der Waals surface area contributed by atoms with E-state index in [2.05, 4.69) is 10.4 Å². The van der Waals surface area contributed by atoms with Crippen molar-refractivity contribution in [3.05, 3.63) is 46.2 Å². The van der Waals surface area contributed by atoms with E-state index in [0.29, 0.717) is 5.76 Å². The Hall–Kier alpha value is -2.64. The fourth-order valence-electron chi connectivity index (χ4n) is 1.70. The highest BCUT2D eigenvalue weighted by Crippen LogP contribution is 2.18. The number of amides is 1. The highest BCUT2D eigenvalue weighted by Gasteiger charge is 2.22. The first kappa shape index (κ1) is 13.8. The minimum absolute atomic E-state index is 0.101. The molecule has 0 aromatic carbocycles. The summed E-state index contributed by atoms with van der Waals surface area (Å²) in [5, 5.41) is 17.4. The molecule has 0 aliphatic carbocycles. The summed E-state index contributed by atoms with van der Waals surface area (Å²) in [5.74, 6) is 0.340. The number of rotatable bonds is 5. The van der Waals surface area contributed by atoms with Crippen LogP contribution in [-0.2, 0) is 11.3 Å². The van der Waals surface area contributed by atoms with Gasteiger partial charge in [-0.1, -0.05) is 0 Å². The fourth-order valence-corrected chi connectivity index (χ4v) is 1.70. The second kappa shape index (κ2) is 5.55. The fraction of sp³-hybridized carbons (Fsp3) is 0.333. The first-order chi connectivity index (χ1) is 9.49. The van der Waals surface area contributed by atoms with Gasteiger partial charge in [-0.3, -0.25) is 19.6 Å². The van der Waals surface area contributed by atoms with Crippen molar-refractivity contribution in [2.75, 3.05) is 0 Å². The third-order valence-corrected chi connectivity index (χ3v) is 2.88. The average molecular weight is 278 g/mol. The number of hydrogen-bond acceptors (Lipinski definition) is 5. The van der Waals surface area contributed by atoms with E-state index in [4.69, 9.17) is 4.42 Å². The van der Waals surface area contributed by atoms with E-state index in [-0.39, 0.29) is 23.8 Å². The van der Waals surface area contributed by atoms with Crippen molar-refractivity contribution in [3.63, 3.8) is 0 Å². The molecular formula is C12H14N4O4. The summed E-state index contributed by atoms with van der Waals surface area (Å²) in [6.45, 7) is 3.41. The van der Waals surface area contributed by atoms with Crippen LogP contribution in [0, 0.1) is 17.0 Å². The van der Waals surface area contributed by atoms with Crippen LogP contribution >= 0.6 is 0 Å². The van der Waals surface area contributed by atoms with Crippen molar-refractivity contribution in [3.8, 4) is 0 Å². The molecule has 0 aliphatic heterocycles. The van der Waals surface area contributed by atoms with Crippen molar-refractivity contribution in [1.29, 1.82) is 0 Å². The number of furan rings is 1. The van der Waals surface area contributed by atoms with Crippen molar-refractivity contribution >= 4 is 11.6 Å². The number of hydrogen-bond donors (Lipinski definition) is 1. The lowest BCUT2D eigenvalue weighted by molar-refractivity contribution is -0.385. The van der Waals surface area contributed by atoms with Gasteiger partial charge in [-0.2, -0.15) is 5.10 Å². The summed E-state index contributed by atoms with van der Waals surface area (Å²) < 4.78 is 6.38. The number of nitrogens with zero attached hydrogens (tertiary/aromatic N) is 3. The van der Waals surface area contributed by atoms with Crippen LogP contribution in [0.1, 0.15) is 24.4 Å². The van der Waals surface area contributed by atoms with E-state index in [9.17, 15) is 14.9 Å². The molecule has 1 amide bonds. The van der Waals surface area contributed by atoms with Crippen LogP contribution in [0.5, 0.6) is 0 Å². The predicted molar refractivity (Wildman–Crippen MR) is 68.9 cm³/mol. The number of nitro groups is 1. The first-order valence-electron chi connectivity index (χ1n) is 5.99. The Morgan fingerprint density at radius 2 is 2.40 bits per heavy atom. The molecule has 0 saturated heterocycles. The van der Waals surface area contributed by atoms with Gasteiger partial charge in [0.05, 0.1) is 17.7 Å². The van der Waals surface area contributed by atoms with Gasteiger partial charge in [0, 0.05) is 0 Å². The first-order valence-corrected chi connectivity index (χ1v) is 5.99. The Labute approximate surface area is 114 Å². The Morgan fingerprint density at radius 3 is 2.95 bits per heavy atom. The summed E-state index contributed by atoms with van der Waals surface area (Å²) in [7, 11) is 0. The van der Waals surface area contributed by atoms with Crippen LogP contribution in [0.25, 0.3) is 0 Å². The van der Waals surface area contributed by atoms with Gasteiger partial charge in [-0.15, -0.1) is 0 Å². The summed E-state index contributed by atoms with van der Waals surface area (Å²) in [6, 6.07) is 2.83. The number of aromatic nitrogens is 2. The zero-order valence-corrected chi connectivity index (χ0v) is 11.1. The minimum atomic E-state index is -0.641. The molecule has 1 N–H and O–H groups in total. The standard InChI is InChI=1S/C12H14N4O4/c1-8-11(16(18)19)7-15(14-8)9(2)12(17)13-6-10-4-3-5-20-10/h3-5,7,9H,6H2,1-2H3,(H,13,17). The molecule has 0 saturated carbocycles. The molecule has 0 bridgehead atoms. The van der Waals surface area contributed by atoms with E-state index in [0.717, 1.165) is 0 Å². The molecule has 8 heteroatoms. The van der Waals surface area contributed by atoms with E-state index < -0.39 is 11.0 Å². The molecule has 20 heavy (non-hydrogen) atoms. The third-order valence-electron chi connectivity index (χ3n) is 2.88. The quantitative estimate of drug-likeness (QED) is 0.660. The number of aryl methyl sites for hydroxylation is 1. The van der Waals surface area contributed by atoms with Gasteiger partial charge in [0.25, 0.3) is 0 Å². The summed E-state index contributed by atoms with van der Waals surface area (Å²) in [4.78, 5) is 22.2. The van der Waals surface area contributed by atoms with Gasteiger partial charge >= 0.3 is 5.69 Å². The van der Waals surface area contributed by atoms with E-state index in [1.807, 2.05) is 0 Å². The molecule has 2 aromatic rings. The maximum Gasteiger partial charge on any atom is 0.309 e. The second-order valence-electron chi connectivity index (χ2n) is 4.31. The topological polar surface area (TPSA) is 103 Å². The van der Waals surface area contributed by atoms with Crippen molar-refractivity contribution < 1.29 is 14.1 Å². The normalized spacial score (nSPS) is 12.1. The number of carbonyl (C=O) groups is 1. The Morgan fingerprint density at radius 1 is 1.65 bits per heavy atom. The van der Waals surface area contributed by atoms with Crippen LogP contribution in [0.15, 0.2) is 29.0 Å². The molecule has 0 radical (unpaired) electrons. The minimum Gasteiger partial charge on any atom is -0.467 e. The van der Waals surface area contributed by atoms with Gasteiger partial charge < -0.3 is 9.73 Å². The Kier molecular flexibility index (Phi) is 3.83.